The zero-order valence-electron chi connectivity index (χ0n) is 11.9. The highest BCUT2D eigenvalue weighted by atomic mass is 32.2. The minimum atomic E-state index is -3.70. The Morgan fingerprint density at radius 1 is 1.35 bits per heavy atom. The van der Waals surface area contributed by atoms with Crippen LogP contribution in [0.5, 0.6) is 0 Å². The number of hydrogen-bond donors (Lipinski definition) is 2. The van der Waals surface area contributed by atoms with Crippen LogP contribution >= 0.6 is 0 Å². The number of nitrogens with two attached hydrogens (primary N) is 2. The summed E-state index contributed by atoms with van der Waals surface area (Å²) in [5, 5.41) is 5.13. The van der Waals surface area contributed by atoms with Crippen LogP contribution in [0.4, 0.5) is 11.4 Å². The SMILES string of the molecule is CCCC1CCCCN1c1ccc(S(N)(=O)=O)cc1N. The van der Waals surface area contributed by atoms with Gasteiger partial charge in [0.05, 0.1) is 16.3 Å². The molecule has 1 unspecified atom stereocenters. The Kier molecular flexibility index (Phi) is 4.55. The summed E-state index contributed by atoms with van der Waals surface area (Å²) in [7, 11) is -3.70. The molecule has 0 aromatic heterocycles. The smallest absolute Gasteiger partial charge is 0.238 e. The molecule has 0 aliphatic carbocycles. The van der Waals surface area contributed by atoms with E-state index in [2.05, 4.69) is 11.8 Å². The first-order valence-corrected chi connectivity index (χ1v) is 8.67. The Morgan fingerprint density at radius 2 is 2.10 bits per heavy atom. The number of sulfonamides is 1. The minimum Gasteiger partial charge on any atom is -0.397 e. The summed E-state index contributed by atoms with van der Waals surface area (Å²) >= 11 is 0. The predicted octanol–water partition coefficient (Wildman–Crippen LogP) is 2.08. The summed E-state index contributed by atoms with van der Waals surface area (Å²) in [5.74, 6) is 0. The van der Waals surface area contributed by atoms with Crippen LogP contribution in [0, 0.1) is 0 Å². The third-order valence-corrected chi connectivity index (χ3v) is 4.80. The third kappa shape index (κ3) is 3.24. The maximum Gasteiger partial charge on any atom is 0.238 e. The molecule has 112 valence electrons. The summed E-state index contributed by atoms with van der Waals surface area (Å²) in [6.07, 6.45) is 5.84. The van der Waals surface area contributed by atoms with Gasteiger partial charge < -0.3 is 10.6 Å². The maximum absolute atomic E-state index is 11.3. The van der Waals surface area contributed by atoms with E-state index in [1.165, 1.54) is 18.9 Å². The normalized spacial score (nSPS) is 20.1. The highest BCUT2D eigenvalue weighted by molar-refractivity contribution is 7.89. The average Bonchev–Trinajstić information content (AvgIpc) is 2.39. The van der Waals surface area contributed by atoms with Crippen LogP contribution in [0.15, 0.2) is 23.1 Å². The van der Waals surface area contributed by atoms with E-state index in [0.717, 1.165) is 31.5 Å². The van der Waals surface area contributed by atoms with Crippen LogP contribution in [-0.2, 0) is 10.0 Å². The van der Waals surface area contributed by atoms with Gasteiger partial charge in [0, 0.05) is 12.6 Å². The third-order valence-electron chi connectivity index (χ3n) is 3.89. The Bertz CT molecular complexity index is 570. The zero-order valence-corrected chi connectivity index (χ0v) is 12.7. The van der Waals surface area contributed by atoms with Crippen molar-refractivity contribution in [1.82, 2.24) is 0 Å². The molecule has 0 amide bonds. The van der Waals surface area contributed by atoms with Crippen molar-refractivity contribution in [2.45, 2.75) is 50.0 Å². The van der Waals surface area contributed by atoms with Gasteiger partial charge in [-0.25, -0.2) is 13.6 Å². The Hall–Kier alpha value is -1.27. The minimum absolute atomic E-state index is 0.0720. The molecule has 1 aliphatic rings. The fourth-order valence-corrected chi connectivity index (χ4v) is 3.47. The summed E-state index contributed by atoms with van der Waals surface area (Å²) < 4.78 is 22.7. The standard InChI is InChI=1S/C14H23N3O2S/c1-2-5-11-6-3-4-9-17(11)14-8-7-12(10-13(14)15)20(16,18)19/h7-8,10-11H,2-6,9,15H2,1H3,(H2,16,18,19). The van der Waals surface area contributed by atoms with Gasteiger partial charge in [0.25, 0.3) is 0 Å². The van der Waals surface area contributed by atoms with E-state index in [4.69, 9.17) is 10.9 Å². The van der Waals surface area contributed by atoms with Gasteiger partial charge in [0.2, 0.25) is 10.0 Å². The molecule has 1 heterocycles. The second-order valence-corrected chi connectivity index (χ2v) is 6.96. The zero-order chi connectivity index (χ0) is 14.8. The lowest BCUT2D eigenvalue weighted by Gasteiger charge is -2.38. The van der Waals surface area contributed by atoms with Crippen molar-refractivity contribution < 1.29 is 8.42 Å². The van der Waals surface area contributed by atoms with Crippen molar-refractivity contribution in [2.75, 3.05) is 17.2 Å². The summed E-state index contributed by atoms with van der Waals surface area (Å²) in [6, 6.07) is 5.28. The Balaban J connectivity index is 2.31. The van der Waals surface area contributed by atoms with Gasteiger partial charge in [-0.1, -0.05) is 13.3 Å². The first kappa shape index (κ1) is 15.1. The van der Waals surface area contributed by atoms with Crippen LogP contribution in [0.3, 0.4) is 0 Å². The van der Waals surface area contributed by atoms with E-state index in [9.17, 15) is 8.42 Å². The monoisotopic (exact) mass is 297 g/mol. The summed E-state index contributed by atoms with van der Waals surface area (Å²) in [4.78, 5) is 2.39. The van der Waals surface area contributed by atoms with Crippen molar-refractivity contribution >= 4 is 21.4 Å². The molecule has 1 atom stereocenters. The molecule has 0 bridgehead atoms. The van der Waals surface area contributed by atoms with Crippen LogP contribution in [0.1, 0.15) is 39.0 Å². The van der Waals surface area contributed by atoms with Gasteiger partial charge >= 0.3 is 0 Å². The van der Waals surface area contributed by atoms with Crippen LogP contribution in [0.2, 0.25) is 0 Å². The molecule has 0 spiro atoms. The molecule has 20 heavy (non-hydrogen) atoms. The molecule has 0 radical (unpaired) electrons. The first-order valence-electron chi connectivity index (χ1n) is 7.12. The molecule has 5 nitrogen and oxygen atoms in total. The van der Waals surface area contributed by atoms with Crippen LogP contribution < -0.4 is 15.8 Å². The van der Waals surface area contributed by atoms with Gasteiger partial charge in [-0.3, -0.25) is 0 Å². The number of primary sulfonamides is 1. The van der Waals surface area contributed by atoms with Crippen LogP contribution in [-0.4, -0.2) is 21.0 Å². The molecule has 1 aromatic carbocycles. The molecule has 1 aromatic rings. The second kappa shape index (κ2) is 6.01. The molecule has 0 saturated carbocycles. The first-order chi connectivity index (χ1) is 9.43. The predicted molar refractivity (Wildman–Crippen MR) is 82.1 cm³/mol. The van der Waals surface area contributed by atoms with Crippen molar-refractivity contribution in [3.8, 4) is 0 Å². The number of rotatable bonds is 4. The van der Waals surface area contributed by atoms with Gasteiger partial charge in [-0.05, 0) is 43.9 Å². The number of hydrogen-bond acceptors (Lipinski definition) is 4. The molecular weight excluding hydrogens is 274 g/mol. The fourth-order valence-electron chi connectivity index (χ4n) is 2.92. The van der Waals surface area contributed by atoms with E-state index in [1.807, 2.05) is 0 Å². The molecular formula is C14H23N3O2S. The topological polar surface area (TPSA) is 89.4 Å². The summed E-state index contributed by atoms with van der Waals surface area (Å²) in [5.41, 5.74) is 7.46. The van der Waals surface area contributed by atoms with E-state index in [0.29, 0.717) is 11.7 Å². The lowest BCUT2D eigenvalue weighted by molar-refractivity contribution is 0.435. The van der Waals surface area contributed by atoms with Crippen molar-refractivity contribution in [3.05, 3.63) is 18.2 Å². The molecule has 2 rings (SSSR count). The van der Waals surface area contributed by atoms with Crippen molar-refractivity contribution in [1.29, 1.82) is 0 Å². The Labute approximate surface area is 121 Å². The highest BCUT2D eigenvalue weighted by Gasteiger charge is 2.24. The molecule has 1 fully saturated rings. The van der Waals surface area contributed by atoms with Crippen molar-refractivity contribution in [2.24, 2.45) is 5.14 Å². The molecule has 4 N–H and O–H groups in total. The van der Waals surface area contributed by atoms with E-state index in [1.54, 1.807) is 12.1 Å². The molecule has 6 heteroatoms. The van der Waals surface area contributed by atoms with Gasteiger partial charge in [0.15, 0.2) is 0 Å². The van der Waals surface area contributed by atoms with Gasteiger partial charge in [-0.2, -0.15) is 0 Å². The van der Waals surface area contributed by atoms with Crippen molar-refractivity contribution in [3.63, 3.8) is 0 Å². The lowest BCUT2D eigenvalue weighted by atomic mass is 9.97. The lowest BCUT2D eigenvalue weighted by Crippen LogP contribution is -2.39. The van der Waals surface area contributed by atoms with E-state index < -0.39 is 10.0 Å². The molecule has 1 saturated heterocycles. The van der Waals surface area contributed by atoms with Gasteiger partial charge in [-0.15, -0.1) is 0 Å². The molecule has 1 aliphatic heterocycles. The fraction of sp³-hybridized carbons (Fsp3) is 0.571. The maximum atomic E-state index is 11.3. The average molecular weight is 297 g/mol. The largest absolute Gasteiger partial charge is 0.397 e. The number of anilines is 2. The summed E-state index contributed by atoms with van der Waals surface area (Å²) in [6.45, 7) is 3.16. The number of nitrogens with zero attached hydrogens (tertiary/aromatic N) is 1. The van der Waals surface area contributed by atoms with E-state index in [-0.39, 0.29) is 4.90 Å². The Morgan fingerprint density at radius 3 is 2.70 bits per heavy atom. The van der Waals surface area contributed by atoms with Gasteiger partial charge in [0.1, 0.15) is 0 Å². The number of nitrogen functional groups attached to an aromatic ring is 1. The van der Waals surface area contributed by atoms with E-state index >= 15 is 0 Å². The van der Waals surface area contributed by atoms with Crippen LogP contribution in [0.25, 0.3) is 0 Å². The number of benzene rings is 1. The second-order valence-electron chi connectivity index (χ2n) is 5.40. The highest BCUT2D eigenvalue weighted by Crippen LogP contribution is 2.32. The number of piperidine rings is 1. The quantitative estimate of drug-likeness (QED) is 0.833.